The van der Waals surface area contributed by atoms with E-state index in [4.69, 9.17) is 11.6 Å². The second-order valence-electron chi connectivity index (χ2n) is 12.5. The van der Waals surface area contributed by atoms with E-state index in [-0.39, 0.29) is 10.8 Å². The number of benzene rings is 4. The van der Waals surface area contributed by atoms with Gasteiger partial charge >= 0.3 is 0 Å². The molecule has 5 rings (SSSR count). The monoisotopic (exact) mass is 508 g/mol. The largest absolute Gasteiger partial charge is 0.376 e. The molecule has 1 nitrogen and oxygen atoms in total. The van der Waals surface area contributed by atoms with Gasteiger partial charge in [-0.3, -0.25) is 0 Å². The lowest BCUT2D eigenvalue weighted by Gasteiger charge is -2.35. The smallest absolute Gasteiger partial charge is 0.141 e. The van der Waals surface area contributed by atoms with Crippen molar-refractivity contribution in [3.63, 3.8) is 0 Å². The summed E-state index contributed by atoms with van der Waals surface area (Å²) in [5.74, 6) is 0. The summed E-state index contributed by atoms with van der Waals surface area (Å²) < 4.78 is 0. The Bertz CT molecular complexity index is 1380. The van der Waals surface area contributed by atoms with Crippen LogP contribution in [0.2, 0.25) is 5.02 Å². The molecule has 2 heteroatoms. The summed E-state index contributed by atoms with van der Waals surface area (Å²) in [6.07, 6.45) is 1.79. The first-order valence-electron chi connectivity index (χ1n) is 13.2. The fraction of sp³-hybridized carbons (Fsp3) is 0.314. The fourth-order valence-electron chi connectivity index (χ4n) is 5.62. The molecule has 4 aromatic carbocycles. The molecule has 0 saturated heterocycles. The summed E-state index contributed by atoms with van der Waals surface area (Å²) in [4.78, 5) is 0. The second-order valence-corrected chi connectivity index (χ2v) is 12.9. The molecule has 1 aliphatic carbocycles. The van der Waals surface area contributed by atoms with Crippen LogP contribution in [0.1, 0.15) is 80.5 Å². The molecule has 0 amide bonds. The zero-order valence-corrected chi connectivity index (χ0v) is 23.6. The van der Waals surface area contributed by atoms with Crippen molar-refractivity contribution in [1.82, 2.24) is 0 Å². The lowest BCUT2D eigenvalue weighted by molar-refractivity contribution is 0.125. The van der Waals surface area contributed by atoms with E-state index in [2.05, 4.69) is 90.1 Å². The van der Waals surface area contributed by atoms with Gasteiger partial charge in [-0.2, -0.15) is 0 Å². The van der Waals surface area contributed by atoms with Gasteiger partial charge in [0.05, 0.1) is 0 Å². The minimum Gasteiger partial charge on any atom is -0.376 e. The average molecular weight is 509 g/mol. The van der Waals surface area contributed by atoms with E-state index in [1.165, 1.54) is 22.3 Å². The van der Waals surface area contributed by atoms with Crippen LogP contribution in [0.15, 0.2) is 84.9 Å². The first-order chi connectivity index (χ1) is 17.4. The van der Waals surface area contributed by atoms with Crippen molar-refractivity contribution in [2.45, 2.75) is 70.8 Å². The van der Waals surface area contributed by atoms with Crippen LogP contribution in [-0.2, 0) is 29.3 Å². The molecule has 0 saturated carbocycles. The van der Waals surface area contributed by atoms with Crippen LogP contribution in [0.25, 0.3) is 11.1 Å². The number of rotatable bonds is 2. The summed E-state index contributed by atoms with van der Waals surface area (Å²) >= 11 is 6.22. The van der Waals surface area contributed by atoms with Crippen molar-refractivity contribution < 1.29 is 5.11 Å². The van der Waals surface area contributed by atoms with Gasteiger partial charge in [0.25, 0.3) is 0 Å². The van der Waals surface area contributed by atoms with Crippen molar-refractivity contribution in [1.29, 1.82) is 0 Å². The first-order valence-corrected chi connectivity index (χ1v) is 13.6. The fourth-order valence-corrected chi connectivity index (χ4v) is 5.75. The molecule has 0 aromatic heterocycles. The number of fused-ring (bicyclic) bond motifs is 2. The highest BCUT2D eigenvalue weighted by Gasteiger charge is 2.41. The molecular weight excluding hydrogens is 472 g/mol. The van der Waals surface area contributed by atoms with Crippen LogP contribution in [0.5, 0.6) is 0 Å². The highest BCUT2D eigenvalue weighted by Crippen LogP contribution is 2.47. The van der Waals surface area contributed by atoms with Gasteiger partial charge < -0.3 is 5.11 Å². The Kier molecular flexibility index (Phi) is 6.37. The predicted octanol–water partition coefficient (Wildman–Crippen LogP) is 8.98. The molecule has 0 atom stereocenters. The lowest BCUT2D eigenvalue weighted by Crippen LogP contribution is -2.31. The van der Waals surface area contributed by atoms with Crippen LogP contribution in [0.3, 0.4) is 0 Å². The lowest BCUT2D eigenvalue weighted by atomic mass is 9.73. The van der Waals surface area contributed by atoms with Crippen LogP contribution < -0.4 is 0 Å². The molecule has 0 fully saturated rings. The van der Waals surface area contributed by atoms with Crippen molar-refractivity contribution in [3.05, 3.63) is 129 Å². The summed E-state index contributed by atoms with van der Waals surface area (Å²) in [6.45, 7) is 13.5. The first kappa shape index (κ1) is 25.8. The van der Waals surface area contributed by atoms with Gasteiger partial charge in [0, 0.05) is 10.6 Å². The molecule has 190 valence electrons. The minimum atomic E-state index is -1.29. The highest BCUT2D eigenvalue weighted by atomic mass is 35.5. The van der Waals surface area contributed by atoms with Crippen molar-refractivity contribution in [2.75, 3.05) is 0 Å². The van der Waals surface area contributed by atoms with Gasteiger partial charge in [-0.05, 0) is 80.3 Å². The van der Waals surface area contributed by atoms with Crippen LogP contribution in [0.4, 0.5) is 0 Å². The van der Waals surface area contributed by atoms with Crippen LogP contribution in [0, 0.1) is 0 Å². The van der Waals surface area contributed by atoms with Gasteiger partial charge in [0.2, 0.25) is 0 Å². The van der Waals surface area contributed by atoms with E-state index in [0.717, 1.165) is 40.7 Å². The molecule has 0 heterocycles. The molecule has 0 spiro atoms. The van der Waals surface area contributed by atoms with Crippen molar-refractivity contribution in [2.24, 2.45) is 0 Å². The zero-order valence-electron chi connectivity index (χ0n) is 22.8. The molecule has 37 heavy (non-hydrogen) atoms. The molecule has 0 aliphatic heterocycles. The third-order valence-electron chi connectivity index (χ3n) is 7.86. The van der Waals surface area contributed by atoms with Gasteiger partial charge in [-0.15, -0.1) is 0 Å². The average Bonchev–Trinajstić information content (AvgIpc) is 2.98. The van der Waals surface area contributed by atoms with Crippen molar-refractivity contribution >= 4 is 11.6 Å². The Morgan fingerprint density at radius 2 is 1.11 bits per heavy atom. The van der Waals surface area contributed by atoms with Gasteiger partial charge in [-0.25, -0.2) is 0 Å². The van der Waals surface area contributed by atoms with E-state index < -0.39 is 5.60 Å². The molecule has 0 bridgehead atoms. The maximum absolute atomic E-state index is 13.1. The van der Waals surface area contributed by atoms with Crippen molar-refractivity contribution in [3.8, 4) is 11.1 Å². The minimum absolute atomic E-state index is 0.0346. The Morgan fingerprint density at radius 1 is 0.622 bits per heavy atom. The SMILES string of the molecule is CC(C)(C)c1ccc2c(c1)CCc1cc(C(C)(C)C)ccc1C2(O)c1ccccc1-c1ccc(Cl)cc1. The maximum atomic E-state index is 13.1. The van der Waals surface area contributed by atoms with E-state index in [1.54, 1.807) is 0 Å². The Labute approximate surface area is 227 Å². The number of aryl methyl sites for hydroxylation is 2. The third kappa shape index (κ3) is 4.65. The molecule has 0 radical (unpaired) electrons. The number of halogens is 1. The number of aliphatic hydroxyl groups is 1. The maximum Gasteiger partial charge on any atom is 0.141 e. The third-order valence-corrected chi connectivity index (χ3v) is 8.11. The Balaban J connectivity index is 1.82. The number of hydrogen-bond acceptors (Lipinski definition) is 1. The summed E-state index contributed by atoms with van der Waals surface area (Å²) in [7, 11) is 0. The zero-order chi connectivity index (χ0) is 26.6. The normalized spacial score (nSPS) is 15.0. The van der Waals surface area contributed by atoms with Crippen LogP contribution in [-0.4, -0.2) is 5.11 Å². The predicted molar refractivity (Wildman–Crippen MR) is 157 cm³/mol. The quantitative estimate of drug-likeness (QED) is 0.286. The second kappa shape index (κ2) is 9.15. The topological polar surface area (TPSA) is 20.2 Å². The Morgan fingerprint density at radius 3 is 1.59 bits per heavy atom. The van der Waals surface area contributed by atoms with E-state index in [9.17, 15) is 5.11 Å². The molecular formula is C35H37ClO. The molecule has 1 aliphatic rings. The number of hydrogen-bond donors (Lipinski definition) is 1. The summed E-state index contributed by atoms with van der Waals surface area (Å²) in [5, 5.41) is 13.8. The summed E-state index contributed by atoms with van der Waals surface area (Å²) in [5.41, 5.74) is 8.70. The molecule has 1 N–H and O–H groups in total. The molecule has 4 aromatic rings. The standard InChI is InChI=1S/C35H37ClO/c1-33(2,3)26-15-19-30-24(21-26)11-12-25-22-27(34(4,5)6)16-20-31(25)35(30,37)32-10-8-7-9-29(32)23-13-17-28(36)18-14-23/h7-10,13-22,37H,11-12H2,1-6H3. The molecule has 0 unspecified atom stereocenters. The van der Waals surface area contributed by atoms with E-state index in [0.29, 0.717) is 5.02 Å². The summed E-state index contributed by atoms with van der Waals surface area (Å²) in [6, 6.07) is 29.5. The van der Waals surface area contributed by atoms with Gasteiger partial charge in [0.1, 0.15) is 5.60 Å². The van der Waals surface area contributed by atoms with Crippen LogP contribution >= 0.6 is 11.6 Å². The van der Waals surface area contributed by atoms with E-state index >= 15 is 0 Å². The van der Waals surface area contributed by atoms with E-state index in [1.807, 2.05) is 36.4 Å². The highest BCUT2D eigenvalue weighted by molar-refractivity contribution is 6.30. The van der Waals surface area contributed by atoms with Gasteiger partial charge in [-0.1, -0.05) is 126 Å². The van der Waals surface area contributed by atoms with Gasteiger partial charge in [0.15, 0.2) is 0 Å². The Hall–Kier alpha value is -2.87.